The van der Waals surface area contributed by atoms with Crippen molar-refractivity contribution in [2.24, 2.45) is 0 Å². The first-order valence-electron chi connectivity index (χ1n) is 10.8. The second kappa shape index (κ2) is 10.7. The molecule has 2 aromatic carbocycles. The van der Waals surface area contributed by atoms with Gasteiger partial charge in [-0.25, -0.2) is 0 Å². The number of carbonyl (C=O) groups excluding carboxylic acids is 2. The van der Waals surface area contributed by atoms with Gasteiger partial charge in [-0.1, -0.05) is 35.3 Å². The Morgan fingerprint density at radius 3 is 2.12 bits per heavy atom. The van der Waals surface area contributed by atoms with E-state index >= 15 is 0 Å². The number of benzene rings is 2. The third kappa shape index (κ3) is 5.58. The smallest absolute Gasteiger partial charge is 0.255 e. The molecule has 3 aromatic rings. The Labute approximate surface area is 208 Å². The van der Waals surface area contributed by atoms with Crippen LogP contribution in [0.15, 0.2) is 73.1 Å². The summed E-state index contributed by atoms with van der Waals surface area (Å²) in [6.45, 7) is 1.78. The maximum atomic E-state index is 13.2. The summed E-state index contributed by atoms with van der Waals surface area (Å²) in [6.07, 6.45) is 4.79. The molecule has 0 saturated carbocycles. The second-order valence-corrected chi connectivity index (χ2v) is 8.68. The van der Waals surface area contributed by atoms with Crippen molar-refractivity contribution in [1.29, 1.82) is 0 Å². The highest BCUT2D eigenvalue weighted by Crippen LogP contribution is 2.30. The summed E-state index contributed by atoms with van der Waals surface area (Å²) >= 11 is 12.5. The summed E-state index contributed by atoms with van der Waals surface area (Å²) in [5.41, 5.74) is 2.81. The van der Waals surface area contributed by atoms with Gasteiger partial charge in [0.25, 0.3) is 5.91 Å². The largest absolute Gasteiger partial charge is 0.497 e. The molecule has 0 N–H and O–H groups in total. The van der Waals surface area contributed by atoms with Crippen LogP contribution in [-0.4, -0.2) is 59.9 Å². The Hall–Kier alpha value is -3.35. The zero-order valence-electron chi connectivity index (χ0n) is 18.6. The monoisotopic (exact) mass is 495 g/mol. The van der Waals surface area contributed by atoms with E-state index in [2.05, 4.69) is 4.98 Å². The van der Waals surface area contributed by atoms with Crippen LogP contribution in [0.1, 0.15) is 21.5 Å². The highest BCUT2D eigenvalue weighted by atomic mass is 35.5. The van der Waals surface area contributed by atoms with E-state index in [1.54, 1.807) is 65.7 Å². The molecule has 2 heterocycles. The number of ether oxygens (including phenoxy) is 1. The molecule has 34 heavy (non-hydrogen) atoms. The van der Waals surface area contributed by atoms with Gasteiger partial charge in [0.2, 0.25) is 5.91 Å². The second-order valence-electron chi connectivity index (χ2n) is 7.80. The Balaban J connectivity index is 1.55. The van der Waals surface area contributed by atoms with E-state index in [1.165, 1.54) is 0 Å². The van der Waals surface area contributed by atoms with Gasteiger partial charge in [0.1, 0.15) is 5.75 Å². The van der Waals surface area contributed by atoms with Crippen molar-refractivity contribution in [2.75, 3.05) is 33.3 Å². The first-order chi connectivity index (χ1) is 16.4. The first-order valence-corrected chi connectivity index (χ1v) is 11.5. The minimum Gasteiger partial charge on any atom is -0.497 e. The number of carbonyl (C=O) groups is 2. The van der Waals surface area contributed by atoms with Crippen LogP contribution in [0.2, 0.25) is 10.0 Å². The lowest BCUT2D eigenvalue weighted by molar-refractivity contribution is -0.127. The molecule has 0 unspecified atom stereocenters. The fourth-order valence-electron chi connectivity index (χ4n) is 3.83. The summed E-state index contributed by atoms with van der Waals surface area (Å²) < 4.78 is 5.26. The van der Waals surface area contributed by atoms with Crippen molar-refractivity contribution < 1.29 is 14.3 Å². The minimum atomic E-state index is -0.143. The quantitative estimate of drug-likeness (QED) is 0.476. The predicted molar refractivity (Wildman–Crippen MR) is 133 cm³/mol. The molecule has 6 nitrogen and oxygen atoms in total. The molecule has 4 rings (SSSR count). The number of amides is 2. The van der Waals surface area contributed by atoms with Gasteiger partial charge >= 0.3 is 0 Å². The molecule has 174 valence electrons. The molecule has 1 saturated heterocycles. The lowest BCUT2D eigenvalue weighted by Gasteiger charge is -2.34. The van der Waals surface area contributed by atoms with Crippen LogP contribution in [0.5, 0.6) is 5.75 Å². The van der Waals surface area contributed by atoms with Crippen LogP contribution in [0.4, 0.5) is 0 Å². The van der Waals surface area contributed by atoms with Crippen LogP contribution in [0, 0.1) is 0 Å². The lowest BCUT2D eigenvalue weighted by atomic mass is 9.97. The molecule has 8 heteroatoms. The number of hydrogen-bond donors (Lipinski definition) is 0. The molecule has 2 amide bonds. The Morgan fingerprint density at radius 1 is 0.882 bits per heavy atom. The Kier molecular flexibility index (Phi) is 7.50. The van der Waals surface area contributed by atoms with Crippen LogP contribution >= 0.6 is 23.2 Å². The maximum Gasteiger partial charge on any atom is 0.255 e. The number of methoxy groups -OCH3 is 1. The Bertz CT molecular complexity index is 1190. The number of nitrogens with zero attached hydrogens (tertiary/aromatic N) is 3. The van der Waals surface area contributed by atoms with E-state index in [1.807, 2.05) is 24.3 Å². The van der Waals surface area contributed by atoms with Gasteiger partial charge in [-0.15, -0.1) is 0 Å². The fourth-order valence-corrected chi connectivity index (χ4v) is 4.36. The van der Waals surface area contributed by atoms with Crippen LogP contribution in [0.3, 0.4) is 0 Å². The number of aromatic nitrogens is 1. The number of piperazine rings is 1. The van der Waals surface area contributed by atoms with Crippen molar-refractivity contribution in [3.8, 4) is 5.75 Å². The van der Waals surface area contributed by atoms with Crippen molar-refractivity contribution in [3.05, 3.63) is 99.8 Å². The normalized spacial score (nSPS) is 14.1. The summed E-state index contributed by atoms with van der Waals surface area (Å²) in [5.74, 6) is 0.492. The van der Waals surface area contributed by atoms with Gasteiger partial charge in [0, 0.05) is 54.7 Å². The van der Waals surface area contributed by atoms with Gasteiger partial charge in [-0.3, -0.25) is 14.6 Å². The summed E-state index contributed by atoms with van der Waals surface area (Å²) in [7, 11) is 1.60. The SMILES string of the molecule is COc1ccc(/C(=C/C(=O)N2CCN(C(=O)c3cccnc3)CC2)c2cc(Cl)cc(Cl)c2)cc1. The number of rotatable bonds is 5. The number of hydrogen-bond acceptors (Lipinski definition) is 4. The van der Waals surface area contributed by atoms with Crippen LogP contribution in [0.25, 0.3) is 5.57 Å². The molecule has 0 spiro atoms. The average molecular weight is 496 g/mol. The van der Waals surface area contributed by atoms with Gasteiger partial charge in [0.05, 0.1) is 12.7 Å². The fraction of sp³-hybridized carbons (Fsp3) is 0.192. The topological polar surface area (TPSA) is 62.7 Å². The molecule has 1 aliphatic heterocycles. The molecule has 1 fully saturated rings. The first kappa shape index (κ1) is 23.8. The van der Waals surface area contributed by atoms with Crippen molar-refractivity contribution in [1.82, 2.24) is 14.8 Å². The maximum absolute atomic E-state index is 13.2. The molecule has 0 aliphatic carbocycles. The van der Waals surface area contributed by atoms with Gasteiger partial charge in [-0.05, 0) is 59.2 Å². The van der Waals surface area contributed by atoms with E-state index in [4.69, 9.17) is 27.9 Å². The molecule has 0 radical (unpaired) electrons. The third-order valence-corrected chi connectivity index (χ3v) is 6.07. The predicted octanol–water partition coefficient (Wildman–Crippen LogP) is 4.81. The van der Waals surface area contributed by atoms with E-state index < -0.39 is 0 Å². The van der Waals surface area contributed by atoms with Gasteiger partial charge in [-0.2, -0.15) is 0 Å². The molecule has 1 aliphatic rings. The molecular weight excluding hydrogens is 473 g/mol. The third-order valence-electron chi connectivity index (χ3n) is 5.63. The zero-order chi connectivity index (χ0) is 24.1. The number of halogens is 2. The summed E-state index contributed by atoms with van der Waals surface area (Å²) in [5, 5.41) is 0.966. The van der Waals surface area contributed by atoms with Crippen LogP contribution in [-0.2, 0) is 4.79 Å². The summed E-state index contributed by atoms with van der Waals surface area (Å²) in [4.78, 5) is 33.4. The minimum absolute atomic E-state index is 0.0803. The van der Waals surface area contributed by atoms with Crippen molar-refractivity contribution in [2.45, 2.75) is 0 Å². The van der Waals surface area contributed by atoms with E-state index in [9.17, 15) is 9.59 Å². The van der Waals surface area contributed by atoms with Crippen molar-refractivity contribution in [3.63, 3.8) is 0 Å². The van der Waals surface area contributed by atoms with E-state index in [0.717, 1.165) is 11.1 Å². The van der Waals surface area contributed by atoms with Gasteiger partial charge in [0.15, 0.2) is 0 Å². The Morgan fingerprint density at radius 2 is 1.53 bits per heavy atom. The highest BCUT2D eigenvalue weighted by Gasteiger charge is 2.24. The van der Waals surface area contributed by atoms with E-state index in [0.29, 0.717) is 53.1 Å². The number of pyridine rings is 1. The molecule has 0 bridgehead atoms. The lowest BCUT2D eigenvalue weighted by Crippen LogP contribution is -2.50. The summed E-state index contributed by atoms with van der Waals surface area (Å²) in [6, 6.07) is 16.1. The zero-order valence-corrected chi connectivity index (χ0v) is 20.1. The van der Waals surface area contributed by atoms with Crippen molar-refractivity contribution >= 4 is 40.6 Å². The van der Waals surface area contributed by atoms with Gasteiger partial charge < -0.3 is 14.5 Å². The standard InChI is InChI=1S/C26H23Cl2N3O3/c1-34-23-6-4-18(5-7-23)24(20-13-21(27)15-22(28)14-20)16-25(32)30-9-11-31(12-10-30)26(33)19-3-2-8-29-17-19/h2-8,13-17H,9-12H2,1H3/b24-16-. The molecule has 1 aromatic heterocycles. The molecule has 0 atom stereocenters. The highest BCUT2D eigenvalue weighted by molar-refractivity contribution is 6.35. The van der Waals surface area contributed by atoms with E-state index in [-0.39, 0.29) is 11.8 Å². The van der Waals surface area contributed by atoms with Crippen LogP contribution < -0.4 is 4.74 Å². The average Bonchev–Trinajstić information content (AvgIpc) is 2.87. The molecular formula is C26H23Cl2N3O3.